The summed E-state index contributed by atoms with van der Waals surface area (Å²) in [5.74, 6) is -0.945. The summed E-state index contributed by atoms with van der Waals surface area (Å²) >= 11 is 0. The minimum atomic E-state index is -4.43. The molecule has 0 aliphatic rings. The van der Waals surface area contributed by atoms with Crippen molar-refractivity contribution in [2.24, 2.45) is 0 Å². The highest BCUT2D eigenvalue weighted by Crippen LogP contribution is 2.50. The van der Waals surface area contributed by atoms with Crippen molar-refractivity contribution in [3.63, 3.8) is 0 Å². The topological polar surface area (TPSA) is 120 Å². The fourth-order valence-corrected chi connectivity index (χ4v) is 5.23. The van der Waals surface area contributed by atoms with Crippen LogP contribution in [0.5, 0.6) is 0 Å². The van der Waals surface area contributed by atoms with E-state index >= 15 is 0 Å². The van der Waals surface area contributed by atoms with Crippen molar-refractivity contribution in [1.29, 1.82) is 0 Å². The number of nitrogens with zero attached hydrogens (tertiary/aromatic N) is 5. The number of phosphoric acid groups is 1. The maximum absolute atomic E-state index is 14.1. The van der Waals surface area contributed by atoms with Gasteiger partial charge in [-0.15, -0.1) is 0 Å². The van der Waals surface area contributed by atoms with Crippen molar-refractivity contribution < 1.29 is 27.7 Å². The van der Waals surface area contributed by atoms with E-state index in [1.165, 1.54) is 23.2 Å². The molecule has 0 aromatic carbocycles. The van der Waals surface area contributed by atoms with Crippen molar-refractivity contribution >= 4 is 30.5 Å². The van der Waals surface area contributed by atoms with Crippen LogP contribution in [-0.4, -0.2) is 43.0 Å². The zero-order chi connectivity index (χ0) is 28.5. The normalized spacial score (nSPS) is 14.1. The number of phosphoric ester groups is 1. The first kappa shape index (κ1) is 28.3. The number of aromatic nitrogens is 4. The Balaban J connectivity index is 1.83. The van der Waals surface area contributed by atoms with Crippen LogP contribution in [0.4, 0.5) is 10.1 Å². The van der Waals surface area contributed by atoms with Gasteiger partial charge in [-0.2, -0.15) is 4.39 Å². The van der Waals surface area contributed by atoms with Gasteiger partial charge < -0.3 is 14.4 Å². The number of fused-ring (bicyclic) bond motifs is 1. The van der Waals surface area contributed by atoms with Crippen LogP contribution < -0.4 is 4.90 Å². The van der Waals surface area contributed by atoms with E-state index in [1.807, 2.05) is 6.07 Å². The summed E-state index contributed by atoms with van der Waals surface area (Å²) in [4.78, 5) is 36.3. The SMILES string of the molecule is C=CC(=O)N(C)c1cncc(-c2cnc3c(c2)c(-c2ccnc(F)c2)cn3C(C)OP(=O)(O)OC(C)(C)C)c1. The highest BCUT2D eigenvalue weighted by atomic mass is 31.2. The molecule has 204 valence electrons. The van der Waals surface area contributed by atoms with Gasteiger partial charge in [0.25, 0.3) is 0 Å². The van der Waals surface area contributed by atoms with Crippen LogP contribution in [0.1, 0.15) is 33.9 Å². The largest absolute Gasteiger partial charge is 0.474 e. The molecule has 12 heteroatoms. The molecule has 4 heterocycles. The van der Waals surface area contributed by atoms with E-state index in [2.05, 4.69) is 21.5 Å². The fourth-order valence-electron chi connectivity index (χ4n) is 4.01. The molecule has 1 amide bonds. The van der Waals surface area contributed by atoms with Gasteiger partial charge in [0, 0.05) is 60.0 Å². The molecule has 2 unspecified atom stereocenters. The summed E-state index contributed by atoms with van der Waals surface area (Å²) < 4.78 is 39.0. The fraction of sp³-hybridized carbons (Fsp3) is 0.259. The van der Waals surface area contributed by atoms with Gasteiger partial charge in [-0.05, 0) is 57.5 Å². The number of likely N-dealkylation sites (N-methyl/N-ethyl adjacent to an activating group) is 1. The van der Waals surface area contributed by atoms with Gasteiger partial charge in [0.2, 0.25) is 11.9 Å². The van der Waals surface area contributed by atoms with E-state index in [0.29, 0.717) is 39.0 Å². The van der Waals surface area contributed by atoms with Crippen molar-refractivity contribution in [2.75, 3.05) is 11.9 Å². The number of hydrogen-bond acceptors (Lipinski definition) is 7. The average Bonchev–Trinajstić information content (AvgIpc) is 3.25. The van der Waals surface area contributed by atoms with Gasteiger partial charge in [0.1, 0.15) is 11.9 Å². The molecule has 1 N–H and O–H groups in total. The number of rotatable bonds is 8. The number of hydrogen-bond donors (Lipinski definition) is 1. The molecule has 0 radical (unpaired) electrons. The van der Waals surface area contributed by atoms with E-state index in [1.54, 1.807) is 76.2 Å². The van der Waals surface area contributed by atoms with Gasteiger partial charge in [-0.1, -0.05) is 6.58 Å². The van der Waals surface area contributed by atoms with Crippen LogP contribution in [-0.2, 0) is 18.4 Å². The molecular weight excluding hydrogens is 524 g/mol. The standard InChI is InChI=1S/C27H29FN5O5P/c1-7-25(34)32(6)21-10-19(13-29-15-21)20-11-22-23(18-8-9-30-24(28)12-18)16-33(26(22)31-14-20)17(2)37-39(35,36)38-27(3,4)5/h7-17H,1H2,2-6H3,(H,35,36). The van der Waals surface area contributed by atoms with Crippen molar-refractivity contribution in [2.45, 2.75) is 39.5 Å². The van der Waals surface area contributed by atoms with Gasteiger partial charge in [-0.3, -0.25) is 18.8 Å². The van der Waals surface area contributed by atoms with Crippen LogP contribution in [0.25, 0.3) is 33.3 Å². The van der Waals surface area contributed by atoms with Gasteiger partial charge in [0.05, 0.1) is 17.5 Å². The lowest BCUT2D eigenvalue weighted by molar-refractivity contribution is -0.113. The maximum Gasteiger partial charge on any atom is 0.474 e. The number of carbonyl (C=O) groups is 1. The molecule has 2 atom stereocenters. The van der Waals surface area contributed by atoms with Gasteiger partial charge >= 0.3 is 7.82 Å². The van der Waals surface area contributed by atoms with Crippen molar-refractivity contribution in [3.05, 3.63) is 73.9 Å². The Morgan fingerprint density at radius 2 is 1.90 bits per heavy atom. The van der Waals surface area contributed by atoms with E-state index in [9.17, 15) is 18.6 Å². The molecule has 0 bridgehead atoms. The summed E-state index contributed by atoms with van der Waals surface area (Å²) in [6, 6.07) is 6.57. The van der Waals surface area contributed by atoms with E-state index in [4.69, 9.17) is 9.05 Å². The second-order valence-electron chi connectivity index (χ2n) is 9.82. The Kier molecular flexibility index (Phi) is 7.81. The number of pyridine rings is 3. The minimum absolute atomic E-state index is 0.285. The maximum atomic E-state index is 14.1. The first-order valence-electron chi connectivity index (χ1n) is 12.0. The van der Waals surface area contributed by atoms with Crippen molar-refractivity contribution in [1.82, 2.24) is 19.5 Å². The number of halogens is 1. The molecule has 0 aliphatic carbocycles. The Labute approximate surface area is 225 Å². The third-order valence-corrected chi connectivity index (χ3v) is 7.07. The predicted octanol–water partition coefficient (Wildman–Crippen LogP) is 5.90. The molecule has 39 heavy (non-hydrogen) atoms. The van der Waals surface area contributed by atoms with Crippen LogP contribution >= 0.6 is 7.82 Å². The summed E-state index contributed by atoms with van der Waals surface area (Å²) in [5.41, 5.74) is 2.57. The average molecular weight is 554 g/mol. The molecule has 0 fully saturated rings. The second kappa shape index (κ2) is 10.8. The smallest absolute Gasteiger partial charge is 0.310 e. The third kappa shape index (κ3) is 6.46. The molecule has 4 aromatic rings. The number of anilines is 1. The zero-order valence-electron chi connectivity index (χ0n) is 22.2. The molecule has 4 rings (SSSR count). The molecule has 0 saturated heterocycles. The van der Waals surface area contributed by atoms with Crippen LogP contribution in [0, 0.1) is 5.95 Å². The monoisotopic (exact) mass is 553 g/mol. The van der Waals surface area contributed by atoms with E-state index < -0.39 is 25.6 Å². The van der Waals surface area contributed by atoms with Crippen LogP contribution in [0.2, 0.25) is 0 Å². The quantitative estimate of drug-likeness (QED) is 0.163. The van der Waals surface area contributed by atoms with Gasteiger partial charge in [-0.25, -0.2) is 14.5 Å². The lowest BCUT2D eigenvalue weighted by Crippen LogP contribution is -2.23. The molecule has 0 spiro atoms. The highest BCUT2D eigenvalue weighted by Gasteiger charge is 2.32. The highest BCUT2D eigenvalue weighted by molar-refractivity contribution is 7.47. The van der Waals surface area contributed by atoms with Crippen molar-refractivity contribution in [3.8, 4) is 22.3 Å². The number of amides is 1. The Morgan fingerprint density at radius 3 is 2.56 bits per heavy atom. The van der Waals surface area contributed by atoms with E-state index in [0.717, 1.165) is 0 Å². The summed E-state index contributed by atoms with van der Waals surface area (Å²) in [6.45, 7) is 10.0. The second-order valence-corrected chi connectivity index (χ2v) is 11.2. The number of carbonyl (C=O) groups excluding carboxylic acids is 1. The molecule has 10 nitrogen and oxygen atoms in total. The Hall–Kier alpha value is -3.76. The summed E-state index contributed by atoms with van der Waals surface area (Å²) in [7, 11) is -2.82. The summed E-state index contributed by atoms with van der Waals surface area (Å²) in [5, 5.41) is 0.624. The van der Waals surface area contributed by atoms with Gasteiger partial charge in [0.15, 0.2) is 0 Å². The minimum Gasteiger partial charge on any atom is -0.310 e. The summed E-state index contributed by atoms with van der Waals surface area (Å²) in [6.07, 6.45) is 8.08. The third-order valence-electron chi connectivity index (χ3n) is 5.72. The lowest BCUT2D eigenvalue weighted by Gasteiger charge is -2.25. The molecular formula is C27H29FN5O5P. The Morgan fingerprint density at radius 1 is 1.18 bits per heavy atom. The molecule has 0 aliphatic heterocycles. The first-order chi connectivity index (χ1) is 18.3. The molecule has 4 aromatic heterocycles. The Bertz CT molecular complexity index is 1600. The predicted molar refractivity (Wildman–Crippen MR) is 146 cm³/mol. The van der Waals surface area contributed by atoms with E-state index in [-0.39, 0.29) is 5.91 Å². The molecule has 0 saturated carbocycles. The lowest BCUT2D eigenvalue weighted by atomic mass is 10.0. The van der Waals surface area contributed by atoms with Crippen LogP contribution in [0.3, 0.4) is 0 Å². The first-order valence-corrected chi connectivity index (χ1v) is 13.5. The zero-order valence-corrected chi connectivity index (χ0v) is 23.1. The van der Waals surface area contributed by atoms with Crippen LogP contribution in [0.15, 0.2) is 67.9 Å².